The average Bonchev–Trinajstić information content (AvgIpc) is 3.04. The third kappa shape index (κ3) is 35.2. The molecule has 0 saturated heterocycles. The van der Waals surface area contributed by atoms with Gasteiger partial charge in [-0.15, -0.1) is 0 Å². The Hall–Kier alpha value is -1.02. The first kappa shape index (κ1) is 48.0. The Kier molecular flexibility index (Phi) is 32.2. The van der Waals surface area contributed by atoms with Gasteiger partial charge in [0.05, 0.1) is 39.9 Å². The molecule has 0 aromatic rings. The van der Waals surface area contributed by atoms with E-state index in [0.29, 0.717) is 17.4 Å². The molecule has 0 aromatic heterocycles. The zero-order valence-corrected chi connectivity index (χ0v) is 33.5. The molecular weight excluding hydrogens is 635 g/mol. The lowest BCUT2D eigenvalue weighted by atomic mass is 10.0. The number of allylic oxidation sites excluding steroid dienone is 3. The molecule has 9 heteroatoms. The molecule has 0 aromatic carbocycles. The smallest absolute Gasteiger partial charge is 0.268 e. The minimum Gasteiger partial charge on any atom is -0.756 e. The summed E-state index contributed by atoms with van der Waals surface area (Å²) in [6, 6.07) is -0.896. The Morgan fingerprint density at radius 1 is 0.694 bits per heavy atom. The molecule has 0 bridgehead atoms. The number of phosphoric acid groups is 1. The third-order valence-electron chi connectivity index (χ3n) is 8.91. The highest BCUT2D eigenvalue weighted by molar-refractivity contribution is 7.45. The molecule has 0 spiro atoms. The van der Waals surface area contributed by atoms with Gasteiger partial charge in [0.1, 0.15) is 13.2 Å². The molecule has 3 unspecified atom stereocenters. The normalized spacial score (nSPS) is 14.8. The number of quaternary nitrogens is 1. The van der Waals surface area contributed by atoms with Crippen LogP contribution in [0.4, 0.5) is 0 Å². The molecule has 0 aliphatic carbocycles. The van der Waals surface area contributed by atoms with E-state index in [4.69, 9.17) is 9.05 Å². The molecule has 1 amide bonds. The lowest BCUT2D eigenvalue weighted by molar-refractivity contribution is -0.870. The van der Waals surface area contributed by atoms with Gasteiger partial charge in [-0.1, -0.05) is 160 Å². The van der Waals surface area contributed by atoms with Crippen LogP contribution in [-0.4, -0.2) is 68.5 Å². The van der Waals surface area contributed by atoms with E-state index in [1.807, 2.05) is 27.2 Å². The zero-order valence-electron chi connectivity index (χ0n) is 32.6. The second-order valence-electron chi connectivity index (χ2n) is 15.0. The Morgan fingerprint density at radius 2 is 1.14 bits per heavy atom. The van der Waals surface area contributed by atoms with E-state index in [0.717, 1.165) is 38.5 Å². The van der Waals surface area contributed by atoms with Gasteiger partial charge in [-0.05, 0) is 32.1 Å². The number of carbonyl (C=O) groups is 1. The number of rotatable bonds is 36. The first-order valence-electron chi connectivity index (χ1n) is 20.2. The number of nitrogens with zero attached hydrogens (tertiary/aromatic N) is 1. The molecule has 0 heterocycles. The van der Waals surface area contributed by atoms with E-state index in [1.54, 1.807) is 6.08 Å². The van der Waals surface area contributed by atoms with Crippen LogP contribution in [0.2, 0.25) is 0 Å². The number of phosphoric ester groups is 1. The second kappa shape index (κ2) is 32.9. The molecule has 2 N–H and O–H groups in total. The van der Waals surface area contributed by atoms with Gasteiger partial charge in [0, 0.05) is 6.42 Å². The molecule has 3 atom stereocenters. The Labute approximate surface area is 303 Å². The minimum atomic E-state index is -4.58. The van der Waals surface area contributed by atoms with E-state index in [-0.39, 0.29) is 19.1 Å². The number of carbonyl (C=O) groups excluding carboxylic acids is 1. The first-order chi connectivity index (χ1) is 23.5. The van der Waals surface area contributed by atoms with Crippen LogP contribution in [0.15, 0.2) is 24.3 Å². The summed E-state index contributed by atoms with van der Waals surface area (Å²) in [7, 11) is 1.24. The maximum Gasteiger partial charge on any atom is 0.268 e. The van der Waals surface area contributed by atoms with E-state index in [9.17, 15) is 19.4 Å². The van der Waals surface area contributed by atoms with Gasteiger partial charge in [0.15, 0.2) is 0 Å². The van der Waals surface area contributed by atoms with Gasteiger partial charge >= 0.3 is 0 Å². The van der Waals surface area contributed by atoms with Crippen molar-refractivity contribution in [2.24, 2.45) is 0 Å². The zero-order chi connectivity index (χ0) is 36.5. The summed E-state index contributed by atoms with van der Waals surface area (Å²) in [4.78, 5) is 25.1. The van der Waals surface area contributed by atoms with Crippen LogP contribution in [0.1, 0.15) is 174 Å². The molecule has 0 radical (unpaired) electrons. The van der Waals surface area contributed by atoms with Crippen LogP contribution in [0.3, 0.4) is 0 Å². The number of unbranched alkanes of at least 4 members (excludes halogenated alkanes) is 21. The fourth-order valence-electron chi connectivity index (χ4n) is 5.64. The minimum absolute atomic E-state index is 0.00463. The number of hydrogen-bond acceptors (Lipinski definition) is 6. The topological polar surface area (TPSA) is 108 Å². The van der Waals surface area contributed by atoms with Crippen molar-refractivity contribution in [1.82, 2.24) is 5.32 Å². The number of nitrogens with one attached hydrogen (secondary N) is 1. The molecule has 0 saturated carbocycles. The van der Waals surface area contributed by atoms with Crippen molar-refractivity contribution in [3.63, 3.8) is 0 Å². The SMILES string of the molecule is CCCCCCCCCCCC/C=C/CC/C=C/C(O)C(COP(=O)([O-])OCC[N+](C)(C)C)NC(=O)CCCCCCCCCCCCC. The molecule has 0 fully saturated rings. The van der Waals surface area contributed by atoms with Crippen molar-refractivity contribution < 1.29 is 32.9 Å². The van der Waals surface area contributed by atoms with Crippen molar-refractivity contribution in [3.8, 4) is 0 Å². The van der Waals surface area contributed by atoms with Crippen LogP contribution in [0.5, 0.6) is 0 Å². The van der Waals surface area contributed by atoms with Crippen LogP contribution >= 0.6 is 7.82 Å². The van der Waals surface area contributed by atoms with Crippen molar-refractivity contribution >= 4 is 13.7 Å². The predicted octanol–water partition coefficient (Wildman–Crippen LogP) is 9.94. The quantitative estimate of drug-likeness (QED) is 0.0290. The van der Waals surface area contributed by atoms with E-state index in [1.165, 1.54) is 116 Å². The van der Waals surface area contributed by atoms with E-state index < -0.39 is 20.0 Å². The highest BCUT2D eigenvalue weighted by Crippen LogP contribution is 2.38. The number of likely N-dealkylation sites (N-methyl/N-ethyl adjacent to an activating group) is 1. The summed E-state index contributed by atoms with van der Waals surface area (Å²) in [6.45, 7) is 4.60. The number of hydrogen-bond donors (Lipinski definition) is 2. The summed E-state index contributed by atoms with van der Waals surface area (Å²) in [5, 5.41) is 13.7. The lowest BCUT2D eigenvalue weighted by Gasteiger charge is -2.29. The van der Waals surface area contributed by atoms with Crippen molar-refractivity contribution in [2.45, 2.75) is 187 Å². The lowest BCUT2D eigenvalue weighted by Crippen LogP contribution is -2.45. The summed E-state index contributed by atoms with van der Waals surface area (Å²) >= 11 is 0. The molecule has 290 valence electrons. The van der Waals surface area contributed by atoms with Crippen molar-refractivity contribution in [1.29, 1.82) is 0 Å². The molecule has 0 aliphatic heterocycles. The van der Waals surface area contributed by atoms with Crippen molar-refractivity contribution in [3.05, 3.63) is 24.3 Å². The summed E-state index contributed by atoms with van der Waals surface area (Å²) < 4.78 is 23.1. The molecule has 8 nitrogen and oxygen atoms in total. The standard InChI is InChI=1S/C40H79N2O6P/c1-6-8-10-12-14-16-18-19-20-21-22-24-25-27-29-31-33-39(43)38(37-48-49(45,46)47-36-35-42(3,4)5)41-40(44)34-32-30-28-26-23-17-15-13-11-9-7-2/h24-25,31,33,38-39,43H,6-23,26-30,32,34-37H2,1-5H3,(H-,41,44,45,46)/b25-24+,33-31+. The Bertz CT molecular complexity index is 860. The van der Waals surface area contributed by atoms with Crippen molar-refractivity contribution in [2.75, 3.05) is 40.9 Å². The number of aliphatic hydroxyl groups is 1. The highest BCUT2D eigenvalue weighted by atomic mass is 31.2. The second-order valence-corrected chi connectivity index (χ2v) is 16.4. The first-order valence-corrected chi connectivity index (χ1v) is 21.7. The van der Waals surface area contributed by atoms with Gasteiger partial charge in [-0.25, -0.2) is 0 Å². The van der Waals surface area contributed by atoms with Crippen LogP contribution in [0, 0.1) is 0 Å². The molecule has 0 rings (SSSR count). The van der Waals surface area contributed by atoms with E-state index in [2.05, 4.69) is 31.3 Å². The highest BCUT2D eigenvalue weighted by Gasteiger charge is 2.23. The molecule has 0 aliphatic rings. The maximum atomic E-state index is 12.8. The summed E-state index contributed by atoms with van der Waals surface area (Å²) in [6.07, 6.45) is 36.5. The number of aliphatic hydroxyl groups excluding tert-OH is 1. The average molecular weight is 715 g/mol. The maximum absolute atomic E-state index is 12.8. The molecular formula is C40H79N2O6P. The van der Waals surface area contributed by atoms with Crippen LogP contribution in [0.25, 0.3) is 0 Å². The van der Waals surface area contributed by atoms with Crippen LogP contribution < -0.4 is 10.2 Å². The predicted molar refractivity (Wildman–Crippen MR) is 205 cm³/mol. The third-order valence-corrected chi connectivity index (χ3v) is 9.88. The Morgan fingerprint density at radius 3 is 1.65 bits per heavy atom. The number of amides is 1. The Balaban J connectivity index is 4.54. The monoisotopic (exact) mass is 715 g/mol. The molecule has 49 heavy (non-hydrogen) atoms. The fraction of sp³-hybridized carbons (Fsp3) is 0.875. The van der Waals surface area contributed by atoms with Gasteiger partial charge in [0.2, 0.25) is 5.91 Å². The van der Waals surface area contributed by atoms with Gasteiger partial charge < -0.3 is 28.8 Å². The fourth-order valence-corrected chi connectivity index (χ4v) is 6.36. The summed E-state index contributed by atoms with van der Waals surface area (Å²) in [5.74, 6) is -0.210. The summed E-state index contributed by atoms with van der Waals surface area (Å²) in [5.41, 5.74) is 0. The van der Waals surface area contributed by atoms with Gasteiger partial charge in [-0.2, -0.15) is 0 Å². The van der Waals surface area contributed by atoms with Gasteiger partial charge in [0.25, 0.3) is 7.82 Å². The van der Waals surface area contributed by atoms with Gasteiger partial charge in [-0.3, -0.25) is 9.36 Å². The van der Waals surface area contributed by atoms with E-state index >= 15 is 0 Å². The van der Waals surface area contributed by atoms with Crippen LogP contribution in [-0.2, 0) is 18.4 Å². The largest absolute Gasteiger partial charge is 0.756 e.